The molecule has 2 rings (SSSR count). The molecule has 2 amide bonds. The molecule has 5 heteroatoms. The summed E-state index contributed by atoms with van der Waals surface area (Å²) in [5, 5.41) is 2.69. The quantitative estimate of drug-likeness (QED) is 0.751. The molecule has 5 nitrogen and oxygen atoms in total. The maximum absolute atomic E-state index is 12.2. The summed E-state index contributed by atoms with van der Waals surface area (Å²) in [6.07, 6.45) is 4.24. The Bertz CT molecular complexity index is 495. The number of rotatable bonds is 7. The lowest BCUT2D eigenvalue weighted by atomic mass is 10.2. The number of nitrogens with one attached hydrogen (secondary N) is 1. The van der Waals surface area contributed by atoms with Crippen LogP contribution in [-0.2, 0) is 4.79 Å². The maximum Gasteiger partial charge on any atom is 0.251 e. The highest BCUT2D eigenvalue weighted by molar-refractivity contribution is 5.96. The van der Waals surface area contributed by atoms with Crippen LogP contribution in [0.5, 0.6) is 0 Å². The first kappa shape index (κ1) is 15.4. The lowest BCUT2D eigenvalue weighted by molar-refractivity contribution is -0.130. The highest BCUT2D eigenvalue weighted by Gasteiger charge is 2.31. The molecule has 0 unspecified atom stereocenters. The number of nitrogen functional groups attached to an aromatic ring is 1. The molecule has 0 heterocycles. The summed E-state index contributed by atoms with van der Waals surface area (Å²) in [4.78, 5) is 26.1. The third-order valence-corrected chi connectivity index (χ3v) is 3.63. The summed E-state index contributed by atoms with van der Waals surface area (Å²) < 4.78 is 0. The zero-order valence-corrected chi connectivity index (χ0v) is 12.5. The maximum atomic E-state index is 12.2. The zero-order valence-electron chi connectivity index (χ0n) is 12.5. The predicted octanol–water partition coefficient (Wildman–Crippen LogP) is 1.79. The molecule has 1 aromatic rings. The van der Waals surface area contributed by atoms with Gasteiger partial charge in [0.05, 0.1) is 6.54 Å². The van der Waals surface area contributed by atoms with E-state index in [0.717, 1.165) is 32.2 Å². The zero-order chi connectivity index (χ0) is 15.2. The van der Waals surface area contributed by atoms with Gasteiger partial charge in [0, 0.05) is 23.8 Å². The lowest BCUT2D eigenvalue weighted by Gasteiger charge is -2.22. The van der Waals surface area contributed by atoms with E-state index in [0.29, 0.717) is 17.3 Å². The number of carbonyl (C=O) groups is 2. The summed E-state index contributed by atoms with van der Waals surface area (Å²) in [7, 11) is 0. The fraction of sp³-hybridized carbons (Fsp3) is 0.500. The standard InChI is InChI=1S/C16H23N3O2/c1-2-3-10-19(14-8-9-14)15(20)11-18-16(21)12-4-6-13(17)7-5-12/h4-7,14H,2-3,8-11,17H2,1H3,(H,18,21). The van der Waals surface area contributed by atoms with E-state index in [-0.39, 0.29) is 18.4 Å². The minimum absolute atomic E-state index is 0.00902. The molecular formula is C16H23N3O2. The molecule has 1 aliphatic carbocycles. The topological polar surface area (TPSA) is 75.4 Å². The fourth-order valence-corrected chi connectivity index (χ4v) is 2.22. The molecule has 0 saturated heterocycles. The highest BCUT2D eigenvalue weighted by atomic mass is 16.2. The number of amides is 2. The first-order chi connectivity index (χ1) is 10.1. The van der Waals surface area contributed by atoms with Gasteiger partial charge in [0.2, 0.25) is 5.91 Å². The molecule has 1 saturated carbocycles. The molecule has 0 spiro atoms. The molecule has 0 radical (unpaired) electrons. The van der Waals surface area contributed by atoms with E-state index in [2.05, 4.69) is 12.2 Å². The molecule has 1 aliphatic rings. The molecule has 1 fully saturated rings. The Kier molecular flexibility index (Phi) is 5.20. The smallest absolute Gasteiger partial charge is 0.251 e. The van der Waals surface area contributed by atoms with Gasteiger partial charge in [0.15, 0.2) is 0 Å². The molecule has 1 aromatic carbocycles. The minimum atomic E-state index is -0.241. The van der Waals surface area contributed by atoms with Gasteiger partial charge in [-0.2, -0.15) is 0 Å². The molecule has 21 heavy (non-hydrogen) atoms. The Hall–Kier alpha value is -2.04. The van der Waals surface area contributed by atoms with Crippen LogP contribution >= 0.6 is 0 Å². The summed E-state index contributed by atoms with van der Waals surface area (Å²) >= 11 is 0. The molecular weight excluding hydrogens is 266 g/mol. The van der Waals surface area contributed by atoms with Gasteiger partial charge >= 0.3 is 0 Å². The van der Waals surface area contributed by atoms with Crippen molar-refractivity contribution >= 4 is 17.5 Å². The van der Waals surface area contributed by atoms with Crippen molar-refractivity contribution in [3.05, 3.63) is 29.8 Å². The van der Waals surface area contributed by atoms with Crippen molar-refractivity contribution in [3.63, 3.8) is 0 Å². The summed E-state index contributed by atoms with van der Waals surface area (Å²) in [5.41, 5.74) is 6.71. The highest BCUT2D eigenvalue weighted by Crippen LogP contribution is 2.27. The monoisotopic (exact) mass is 289 g/mol. The number of nitrogens with zero attached hydrogens (tertiary/aromatic N) is 1. The van der Waals surface area contributed by atoms with E-state index in [1.807, 2.05) is 4.90 Å². The van der Waals surface area contributed by atoms with Crippen molar-refractivity contribution in [1.29, 1.82) is 0 Å². The van der Waals surface area contributed by atoms with Crippen LogP contribution in [0, 0.1) is 0 Å². The predicted molar refractivity (Wildman–Crippen MR) is 82.8 cm³/mol. The van der Waals surface area contributed by atoms with Crippen LogP contribution < -0.4 is 11.1 Å². The van der Waals surface area contributed by atoms with Crippen molar-refractivity contribution in [2.75, 3.05) is 18.8 Å². The Balaban J connectivity index is 1.84. The average Bonchev–Trinajstić information content (AvgIpc) is 3.30. The second-order valence-corrected chi connectivity index (χ2v) is 5.48. The lowest BCUT2D eigenvalue weighted by Crippen LogP contribution is -2.41. The van der Waals surface area contributed by atoms with Crippen molar-refractivity contribution in [2.24, 2.45) is 0 Å². The number of hydrogen-bond donors (Lipinski definition) is 2. The third kappa shape index (κ3) is 4.48. The molecule has 0 aromatic heterocycles. The van der Waals surface area contributed by atoms with Gasteiger partial charge in [-0.1, -0.05) is 13.3 Å². The number of nitrogens with two attached hydrogens (primary N) is 1. The number of hydrogen-bond acceptors (Lipinski definition) is 3. The van der Waals surface area contributed by atoms with Gasteiger partial charge in [0.1, 0.15) is 0 Å². The Morgan fingerprint density at radius 2 is 1.95 bits per heavy atom. The Labute approximate surface area is 125 Å². The van der Waals surface area contributed by atoms with Gasteiger partial charge < -0.3 is 16.0 Å². The Morgan fingerprint density at radius 3 is 2.52 bits per heavy atom. The molecule has 0 bridgehead atoms. The van der Waals surface area contributed by atoms with Gasteiger partial charge in [0.25, 0.3) is 5.91 Å². The molecule has 0 atom stereocenters. The molecule has 0 aliphatic heterocycles. The van der Waals surface area contributed by atoms with Crippen LogP contribution in [0.3, 0.4) is 0 Å². The number of carbonyl (C=O) groups excluding carboxylic acids is 2. The van der Waals surface area contributed by atoms with E-state index in [1.54, 1.807) is 24.3 Å². The van der Waals surface area contributed by atoms with E-state index in [4.69, 9.17) is 5.73 Å². The van der Waals surface area contributed by atoms with Crippen molar-refractivity contribution in [3.8, 4) is 0 Å². The summed E-state index contributed by atoms with van der Waals surface area (Å²) in [6, 6.07) is 7.05. The minimum Gasteiger partial charge on any atom is -0.399 e. The Morgan fingerprint density at radius 1 is 1.29 bits per heavy atom. The van der Waals surface area contributed by atoms with Gasteiger partial charge in [-0.25, -0.2) is 0 Å². The van der Waals surface area contributed by atoms with E-state index < -0.39 is 0 Å². The normalized spacial score (nSPS) is 13.8. The van der Waals surface area contributed by atoms with Crippen molar-refractivity contribution < 1.29 is 9.59 Å². The van der Waals surface area contributed by atoms with Crippen LogP contribution in [0.25, 0.3) is 0 Å². The first-order valence-electron chi connectivity index (χ1n) is 7.55. The summed E-state index contributed by atoms with van der Waals surface area (Å²) in [5.74, 6) is -0.232. The molecule has 114 valence electrons. The van der Waals surface area contributed by atoms with Crippen molar-refractivity contribution in [2.45, 2.75) is 38.6 Å². The van der Waals surface area contributed by atoms with Crippen LogP contribution in [0.1, 0.15) is 43.0 Å². The molecule has 3 N–H and O–H groups in total. The number of unbranched alkanes of at least 4 members (excludes halogenated alkanes) is 1. The van der Waals surface area contributed by atoms with E-state index >= 15 is 0 Å². The second-order valence-electron chi connectivity index (χ2n) is 5.48. The van der Waals surface area contributed by atoms with Gasteiger partial charge in [-0.15, -0.1) is 0 Å². The first-order valence-corrected chi connectivity index (χ1v) is 7.55. The van der Waals surface area contributed by atoms with Crippen molar-refractivity contribution in [1.82, 2.24) is 10.2 Å². The number of anilines is 1. The van der Waals surface area contributed by atoms with Gasteiger partial charge in [-0.3, -0.25) is 9.59 Å². The number of benzene rings is 1. The van der Waals surface area contributed by atoms with Crippen LogP contribution in [-0.4, -0.2) is 35.8 Å². The van der Waals surface area contributed by atoms with Crippen LogP contribution in [0.2, 0.25) is 0 Å². The van der Waals surface area contributed by atoms with E-state index in [9.17, 15) is 9.59 Å². The fourth-order valence-electron chi connectivity index (χ4n) is 2.22. The second kappa shape index (κ2) is 7.11. The van der Waals surface area contributed by atoms with Crippen LogP contribution in [0.15, 0.2) is 24.3 Å². The summed E-state index contributed by atoms with van der Waals surface area (Å²) in [6.45, 7) is 2.96. The average molecular weight is 289 g/mol. The third-order valence-electron chi connectivity index (χ3n) is 3.63. The van der Waals surface area contributed by atoms with E-state index in [1.165, 1.54) is 0 Å². The SMILES string of the molecule is CCCCN(C(=O)CNC(=O)c1ccc(N)cc1)C1CC1. The largest absolute Gasteiger partial charge is 0.399 e. The van der Waals surface area contributed by atoms with Gasteiger partial charge in [-0.05, 0) is 43.5 Å². The van der Waals surface area contributed by atoms with Crippen LogP contribution in [0.4, 0.5) is 5.69 Å².